The number of halogens is 1. The van der Waals surface area contributed by atoms with Crippen LogP contribution in [0, 0.1) is 6.92 Å². The first-order valence-corrected chi connectivity index (χ1v) is 13.4. The Labute approximate surface area is 222 Å². The third kappa shape index (κ3) is 7.75. The van der Waals surface area contributed by atoms with Crippen LogP contribution in [0.2, 0.25) is 0 Å². The van der Waals surface area contributed by atoms with Gasteiger partial charge in [-0.2, -0.15) is 5.10 Å². The van der Waals surface area contributed by atoms with Gasteiger partial charge in [-0.1, -0.05) is 29.0 Å². The smallest absolute Gasteiger partial charge is 0.307 e. The Morgan fingerprint density at radius 2 is 2.00 bits per heavy atom. The molecule has 1 aliphatic heterocycles. The SMILES string of the molecule is C\C=C/C(OC(C)C)=C(Cl)\C=C\c1nnc(-n2nc3c(c2C)CN(CCC(=O)OC(C)(C)C)CC3)s1. The third-order valence-electron chi connectivity index (χ3n) is 5.32. The predicted molar refractivity (Wildman–Crippen MR) is 144 cm³/mol. The van der Waals surface area contributed by atoms with E-state index in [0.717, 1.165) is 35.9 Å². The van der Waals surface area contributed by atoms with E-state index in [0.29, 0.717) is 28.9 Å². The van der Waals surface area contributed by atoms with Crippen LogP contribution in [0.4, 0.5) is 0 Å². The van der Waals surface area contributed by atoms with Crippen LogP contribution in [0.3, 0.4) is 0 Å². The van der Waals surface area contributed by atoms with Gasteiger partial charge in [-0.15, -0.1) is 10.2 Å². The standard InChI is InChI=1S/C26H36ClN5O3S/c1-8-9-22(34-17(2)3)20(27)10-11-23-28-29-25(36-23)32-18(4)19-16-31(14-12-21(19)30-32)15-13-24(33)35-26(5,6)7/h8-11,17H,12-16H2,1-7H3/b9-8-,11-10+,22-20-. The van der Waals surface area contributed by atoms with Gasteiger partial charge >= 0.3 is 5.97 Å². The van der Waals surface area contributed by atoms with E-state index >= 15 is 0 Å². The van der Waals surface area contributed by atoms with Crippen LogP contribution in [0.25, 0.3) is 11.2 Å². The summed E-state index contributed by atoms with van der Waals surface area (Å²) < 4.78 is 13.1. The van der Waals surface area contributed by atoms with Crippen LogP contribution in [-0.4, -0.2) is 55.6 Å². The molecule has 0 amide bonds. The zero-order valence-electron chi connectivity index (χ0n) is 22.2. The molecular formula is C26H36ClN5O3S. The van der Waals surface area contributed by atoms with Crippen molar-refractivity contribution in [3.05, 3.63) is 51.0 Å². The summed E-state index contributed by atoms with van der Waals surface area (Å²) in [7, 11) is 0. The highest BCUT2D eigenvalue weighted by Crippen LogP contribution is 2.26. The fourth-order valence-corrected chi connectivity index (χ4v) is 4.69. The molecule has 0 fully saturated rings. The van der Waals surface area contributed by atoms with Gasteiger partial charge in [0.15, 0.2) is 0 Å². The van der Waals surface area contributed by atoms with Crippen LogP contribution in [0.15, 0.2) is 29.0 Å². The maximum Gasteiger partial charge on any atom is 0.307 e. The van der Waals surface area contributed by atoms with Crippen LogP contribution in [0.5, 0.6) is 0 Å². The van der Waals surface area contributed by atoms with E-state index in [-0.39, 0.29) is 12.1 Å². The molecule has 0 N–H and O–H groups in total. The van der Waals surface area contributed by atoms with E-state index in [4.69, 9.17) is 26.2 Å². The quantitative estimate of drug-likeness (QED) is 0.236. The van der Waals surface area contributed by atoms with E-state index in [1.54, 1.807) is 6.08 Å². The van der Waals surface area contributed by atoms with Gasteiger partial charge in [0, 0.05) is 37.3 Å². The molecule has 196 valence electrons. The van der Waals surface area contributed by atoms with Crippen LogP contribution < -0.4 is 0 Å². The third-order valence-corrected chi connectivity index (χ3v) is 6.50. The highest BCUT2D eigenvalue weighted by Gasteiger charge is 2.25. The first-order valence-electron chi connectivity index (χ1n) is 12.2. The maximum absolute atomic E-state index is 12.1. The van der Waals surface area contributed by atoms with E-state index < -0.39 is 5.60 Å². The molecule has 2 aromatic rings. The number of rotatable bonds is 9. The molecule has 2 aromatic heterocycles. The topological polar surface area (TPSA) is 82.4 Å². The van der Waals surface area contributed by atoms with E-state index in [1.807, 2.05) is 71.4 Å². The van der Waals surface area contributed by atoms with Crippen molar-refractivity contribution in [1.29, 1.82) is 0 Å². The number of carbonyl (C=O) groups is 1. The van der Waals surface area contributed by atoms with Gasteiger partial charge < -0.3 is 9.47 Å². The minimum absolute atomic E-state index is 0.0218. The van der Waals surface area contributed by atoms with Crippen molar-refractivity contribution in [1.82, 2.24) is 24.9 Å². The summed E-state index contributed by atoms with van der Waals surface area (Å²) in [5, 5.41) is 15.4. The van der Waals surface area contributed by atoms with Crippen molar-refractivity contribution < 1.29 is 14.3 Å². The average molecular weight is 534 g/mol. The summed E-state index contributed by atoms with van der Waals surface area (Å²) >= 11 is 7.89. The molecule has 0 saturated carbocycles. The summed E-state index contributed by atoms with van der Waals surface area (Å²) in [5.41, 5.74) is 2.83. The number of hydrogen-bond acceptors (Lipinski definition) is 8. The highest BCUT2D eigenvalue weighted by atomic mass is 35.5. The fourth-order valence-electron chi connectivity index (χ4n) is 3.77. The van der Waals surface area contributed by atoms with Gasteiger partial charge in [-0.25, -0.2) is 4.68 Å². The molecule has 0 bridgehead atoms. The predicted octanol–water partition coefficient (Wildman–Crippen LogP) is 5.59. The maximum atomic E-state index is 12.1. The molecule has 0 atom stereocenters. The first kappa shape index (κ1) is 28.1. The molecule has 0 radical (unpaired) electrons. The lowest BCUT2D eigenvalue weighted by atomic mass is 10.1. The summed E-state index contributed by atoms with van der Waals surface area (Å²) in [4.78, 5) is 14.4. The molecule has 0 unspecified atom stereocenters. The lowest BCUT2D eigenvalue weighted by Gasteiger charge is -2.27. The molecule has 36 heavy (non-hydrogen) atoms. The Hall–Kier alpha value is -2.49. The number of esters is 1. The van der Waals surface area contributed by atoms with Crippen molar-refractivity contribution in [3.8, 4) is 5.13 Å². The summed E-state index contributed by atoms with van der Waals surface area (Å²) in [6, 6.07) is 0. The number of nitrogens with zero attached hydrogens (tertiary/aromatic N) is 5. The van der Waals surface area contributed by atoms with Crippen molar-refractivity contribution in [2.75, 3.05) is 13.1 Å². The van der Waals surface area contributed by atoms with Crippen LogP contribution in [0.1, 0.15) is 69.9 Å². The van der Waals surface area contributed by atoms with Gasteiger partial charge in [0.1, 0.15) is 16.4 Å². The Bertz CT molecular complexity index is 1160. The Balaban J connectivity index is 1.69. The van der Waals surface area contributed by atoms with Gasteiger partial charge in [-0.3, -0.25) is 9.69 Å². The molecule has 1 aliphatic rings. The zero-order chi connectivity index (χ0) is 26.5. The number of hydrogen-bond donors (Lipinski definition) is 0. The van der Waals surface area contributed by atoms with Crippen molar-refractivity contribution in [3.63, 3.8) is 0 Å². The van der Waals surface area contributed by atoms with Crippen LogP contribution >= 0.6 is 22.9 Å². The van der Waals surface area contributed by atoms with Crippen molar-refractivity contribution in [2.45, 2.75) is 79.6 Å². The Kier molecular flexibility index (Phi) is 9.49. The monoisotopic (exact) mass is 533 g/mol. The second-order valence-electron chi connectivity index (χ2n) is 9.92. The van der Waals surface area contributed by atoms with E-state index in [2.05, 4.69) is 15.1 Å². The number of ether oxygens (including phenoxy) is 2. The summed E-state index contributed by atoms with van der Waals surface area (Å²) in [6.07, 6.45) is 8.55. The fraction of sp³-hybridized carbons (Fsp3) is 0.538. The normalized spacial score (nSPS) is 15.6. The first-order chi connectivity index (χ1) is 17.0. The lowest BCUT2D eigenvalue weighted by molar-refractivity contribution is -0.155. The molecule has 3 heterocycles. The van der Waals surface area contributed by atoms with Gasteiger partial charge in [0.05, 0.1) is 23.3 Å². The minimum atomic E-state index is -0.460. The number of aromatic nitrogens is 4. The van der Waals surface area contributed by atoms with E-state index in [9.17, 15) is 4.79 Å². The second kappa shape index (κ2) is 12.2. The van der Waals surface area contributed by atoms with Gasteiger partial charge in [0.2, 0.25) is 5.13 Å². The number of carbonyl (C=O) groups excluding carboxylic acids is 1. The molecule has 0 spiro atoms. The van der Waals surface area contributed by atoms with Crippen molar-refractivity contribution in [2.24, 2.45) is 0 Å². The second-order valence-corrected chi connectivity index (χ2v) is 11.3. The molecule has 8 nitrogen and oxygen atoms in total. The van der Waals surface area contributed by atoms with Crippen LogP contribution in [-0.2, 0) is 27.2 Å². The lowest BCUT2D eigenvalue weighted by Crippen LogP contribution is -2.33. The zero-order valence-corrected chi connectivity index (χ0v) is 23.7. The molecule has 10 heteroatoms. The van der Waals surface area contributed by atoms with E-state index in [1.165, 1.54) is 16.9 Å². The molecule has 0 aromatic carbocycles. The Morgan fingerprint density at radius 1 is 1.25 bits per heavy atom. The average Bonchev–Trinajstić information content (AvgIpc) is 3.38. The van der Waals surface area contributed by atoms with Gasteiger partial charge in [-0.05, 0) is 66.7 Å². The summed E-state index contributed by atoms with van der Waals surface area (Å²) in [6.45, 7) is 15.8. The highest BCUT2D eigenvalue weighted by molar-refractivity contribution is 7.14. The Morgan fingerprint density at radius 3 is 2.67 bits per heavy atom. The largest absolute Gasteiger partial charge is 0.489 e. The number of fused-ring (bicyclic) bond motifs is 1. The molecule has 0 aliphatic carbocycles. The van der Waals surface area contributed by atoms with Gasteiger partial charge in [0.25, 0.3) is 0 Å². The molecule has 0 saturated heterocycles. The number of allylic oxidation sites excluding steroid dienone is 4. The molecular weight excluding hydrogens is 498 g/mol. The summed E-state index contributed by atoms with van der Waals surface area (Å²) in [5.74, 6) is 0.445. The minimum Gasteiger partial charge on any atom is -0.489 e. The van der Waals surface area contributed by atoms with Crippen molar-refractivity contribution >= 4 is 35.0 Å². The molecule has 3 rings (SSSR count).